The van der Waals surface area contributed by atoms with Crippen molar-refractivity contribution in [2.45, 2.75) is 58.7 Å². The maximum atomic E-state index is 5.59. The van der Waals surface area contributed by atoms with E-state index in [1.165, 1.54) is 24.0 Å². The van der Waals surface area contributed by atoms with E-state index in [9.17, 15) is 0 Å². The minimum Gasteiger partial charge on any atom is -0.496 e. The predicted octanol–water partition coefficient (Wildman–Crippen LogP) is 3.53. The molecule has 0 spiro atoms. The molecule has 2 rings (SSSR count). The molecule has 1 aliphatic rings. The number of nitrogens with zero attached hydrogens (tertiary/aromatic N) is 1. The minimum absolute atomic E-state index is 0.390. The number of rotatable bonds is 5. The van der Waals surface area contributed by atoms with Crippen molar-refractivity contribution in [2.24, 2.45) is 0 Å². The Bertz CT molecular complexity index is 461. The second kappa shape index (κ2) is 7.28. The zero-order valence-electron chi connectivity index (χ0n) is 14.1. The summed E-state index contributed by atoms with van der Waals surface area (Å²) in [4.78, 5) is 2.65. The molecule has 21 heavy (non-hydrogen) atoms. The number of piperazine rings is 1. The molecule has 1 aromatic rings. The number of benzene rings is 1. The third kappa shape index (κ3) is 3.58. The van der Waals surface area contributed by atoms with Gasteiger partial charge in [0.15, 0.2) is 0 Å². The van der Waals surface area contributed by atoms with Crippen LogP contribution in [0.15, 0.2) is 18.2 Å². The van der Waals surface area contributed by atoms with Crippen molar-refractivity contribution >= 4 is 0 Å². The Labute approximate surface area is 129 Å². The standard InChI is InChI=1S/C18H30N2O/c1-6-15-12-20(16(7-2)11-19-15)14(4)17-10-13(3)8-9-18(17)21-5/h8-10,14-16,19H,6-7,11-12H2,1-5H3. The van der Waals surface area contributed by atoms with E-state index in [0.29, 0.717) is 18.1 Å². The molecule has 0 bridgehead atoms. The Kier molecular flexibility index (Phi) is 5.65. The van der Waals surface area contributed by atoms with E-state index < -0.39 is 0 Å². The quantitative estimate of drug-likeness (QED) is 0.898. The second-order valence-electron chi connectivity index (χ2n) is 6.19. The molecule has 1 N–H and O–H groups in total. The molecule has 0 radical (unpaired) electrons. The molecule has 1 fully saturated rings. The number of nitrogens with one attached hydrogen (secondary N) is 1. The van der Waals surface area contributed by atoms with Gasteiger partial charge in [-0.05, 0) is 32.8 Å². The molecular formula is C18H30N2O. The first-order valence-electron chi connectivity index (χ1n) is 8.24. The van der Waals surface area contributed by atoms with E-state index in [2.05, 4.69) is 56.1 Å². The van der Waals surface area contributed by atoms with E-state index in [1.807, 2.05) is 0 Å². The van der Waals surface area contributed by atoms with Crippen molar-refractivity contribution in [1.82, 2.24) is 10.2 Å². The molecular weight excluding hydrogens is 260 g/mol. The van der Waals surface area contributed by atoms with Crippen LogP contribution >= 0.6 is 0 Å². The molecule has 3 unspecified atom stereocenters. The summed E-state index contributed by atoms with van der Waals surface area (Å²) in [6.45, 7) is 11.2. The van der Waals surface area contributed by atoms with E-state index in [4.69, 9.17) is 4.74 Å². The zero-order chi connectivity index (χ0) is 15.4. The molecule has 1 saturated heterocycles. The molecule has 3 atom stereocenters. The normalized spacial score (nSPS) is 24.8. The Balaban J connectivity index is 2.27. The molecule has 118 valence electrons. The summed E-state index contributed by atoms with van der Waals surface area (Å²) in [6, 6.07) is 8.10. The topological polar surface area (TPSA) is 24.5 Å². The van der Waals surface area contributed by atoms with Gasteiger partial charge in [-0.15, -0.1) is 0 Å². The van der Waals surface area contributed by atoms with Gasteiger partial charge in [0, 0.05) is 36.8 Å². The highest BCUT2D eigenvalue weighted by molar-refractivity contribution is 5.39. The van der Waals surface area contributed by atoms with Crippen LogP contribution in [0.5, 0.6) is 5.75 Å². The van der Waals surface area contributed by atoms with Gasteiger partial charge in [-0.3, -0.25) is 4.90 Å². The lowest BCUT2D eigenvalue weighted by atomic mass is 9.97. The third-order valence-electron chi connectivity index (χ3n) is 4.84. The number of methoxy groups -OCH3 is 1. The number of hydrogen-bond acceptors (Lipinski definition) is 3. The largest absolute Gasteiger partial charge is 0.496 e. The molecule has 0 aliphatic carbocycles. The lowest BCUT2D eigenvalue weighted by Crippen LogP contribution is -2.56. The summed E-state index contributed by atoms with van der Waals surface area (Å²) < 4.78 is 5.59. The molecule has 1 aromatic carbocycles. The summed E-state index contributed by atoms with van der Waals surface area (Å²) in [5.41, 5.74) is 2.61. The first kappa shape index (κ1) is 16.3. The van der Waals surface area contributed by atoms with Crippen LogP contribution in [0.4, 0.5) is 0 Å². The Morgan fingerprint density at radius 2 is 2.10 bits per heavy atom. The fourth-order valence-corrected chi connectivity index (χ4v) is 3.37. The van der Waals surface area contributed by atoms with Crippen LogP contribution in [0.25, 0.3) is 0 Å². The smallest absolute Gasteiger partial charge is 0.123 e. The summed E-state index contributed by atoms with van der Waals surface area (Å²) in [7, 11) is 1.77. The minimum atomic E-state index is 0.390. The van der Waals surface area contributed by atoms with Crippen LogP contribution in [0, 0.1) is 6.92 Å². The monoisotopic (exact) mass is 290 g/mol. The molecule has 0 saturated carbocycles. The summed E-state index contributed by atoms with van der Waals surface area (Å²) in [5.74, 6) is 1.01. The Morgan fingerprint density at radius 3 is 2.71 bits per heavy atom. The van der Waals surface area contributed by atoms with E-state index in [0.717, 1.165) is 18.8 Å². The van der Waals surface area contributed by atoms with Crippen LogP contribution in [-0.2, 0) is 0 Å². The average molecular weight is 290 g/mol. The average Bonchev–Trinajstić information content (AvgIpc) is 2.53. The fraction of sp³-hybridized carbons (Fsp3) is 0.667. The van der Waals surface area contributed by atoms with Gasteiger partial charge in [-0.25, -0.2) is 0 Å². The van der Waals surface area contributed by atoms with Crippen molar-refractivity contribution in [3.63, 3.8) is 0 Å². The van der Waals surface area contributed by atoms with E-state index in [-0.39, 0.29) is 0 Å². The Hall–Kier alpha value is -1.06. The van der Waals surface area contributed by atoms with Gasteiger partial charge >= 0.3 is 0 Å². The lowest BCUT2D eigenvalue weighted by molar-refractivity contribution is 0.0838. The molecule has 3 heteroatoms. The second-order valence-corrected chi connectivity index (χ2v) is 6.19. The highest BCUT2D eigenvalue weighted by Crippen LogP contribution is 2.33. The molecule has 1 heterocycles. The number of ether oxygens (including phenoxy) is 1. The Morgan fingerprint density at radius 1 is 1.33 bits per heavy atom. The molecule has 0 amide bonds. The van der Waals surface area contributed by atoms with Crippen molar-refractivity contribution < 1.29 is 4.74 Å². The number of aryl methyl sites for hydroxylation is 1. The lowest BCUT2D eigenvalue weighted by Gasteiger charge is -2.43. The number of hydrogen-bond donors (Lipinski definition) is 1. The van der Waals surface area contributed by atoms with Crippen molar-refractivity contribution in [3.05, 3.63) is 29.3 Å². The van der Waals surface area contributed by atoms with Crippen LogP contribution in [0.1, 0.15) is 50.8 Å². The highest BCUT2D eigenvalue weighted by atomic mass is 16.5. The summed E-state index contributed by atoms with van der Waals surface area (Å²) in [6.07, 6.45) is 2.37. The van der Waals surface area contributed by atoms with Gasteiger partial charge in [0.2, 0.25) is 0 Å². The fourth-order valence-electron chi connectivity index (χ4n) is 3.37. The maximum Gasteiger partial charge on any atom is 0.123 e. The van der Waals surface area contributed by atoms with Gasteiger partial charge in [0.05, 0.1) is 7.11 Å². The highest BCUT2D eigenvalue weighted by Gasteiger charge is 2.31. The van der Waals surface area contributed by atoms with Crippen LogP contribution in [-0.4, -0.2) is 37.2 Å². The van der Waals surface area contributed by atoms with E-state index in [1.54, 1.807) is 7.11 Å². The summed E-state index contributed by atoms with van der Waals surface area (Å²) >= 11 is 0. The van der Waals surface area contributed by atoms with Crippen LogP contribution in [0.3, 0.4) is 0 Å². The molecule has 1 aliphatic heterocycles. The van der Waals surface area contributed by atoms with Crippen molar-refractivity contribution in [1.29, 1.82) is 0 Å². The van der Waals surface area contributed by atoms with E-state index >= 15 is 0 Å². The zero-order valence-corrected chi connectivity index (χ0v) is 14.1. The first-order valence-corrected chi connectivity index (χ1v) is 8.24. The summed E-state index contributed by atoms with van der Waals surface area (Å²) in [5, 5.41) is 3.67. The molecule has 3 nitrogen and oxygen atoms in total. The molecule has 0 aromatic heterocycles. The van der Waals surface area contributed by atoms with Gasteiger partial charge in [-0.1, -0.05) is 31.5 Å². The van der Waals surface area contributed by atoms with Crippen molar-refractivity contribution in [3.8, 4) is 5.75 Å². The van der Waals surface area contributed by atoms with Gasteiger partial charge in [0.1, 0.15) is 5.75 Å². The van der Waals surface area contributed by atoms with Gasteiger partial charge in [-0.2, -0.15) is 0 Å². The third-order valence-corrected chi connectivity index (χ3v) is 4.84. The first-order chi connectivity index (χ1) is 10.1. The maximum absolute atomic E-state index is 5.59. The van der Waals surface area contributed by atoms with Gasteiger partial charge in [0.25, 0.3) is 0 Å². The van der Waals surface area contributed by atoms with Crippen molar-refractivity contribution in [2.75, 3.05) is 20.2 Å². The van der Waals surface area contributed by atoms with Crippen LogP contribution < -0.4 is 10.1 Å². The van der Waals surface area contributed by atoms with Gasteiger partial charge < -0.3 is 10.1 Å². The SMILES string of the molecule is CCC1CN(C(C)c2cc(C)ccc2OC)C(CC)CN1. The van der Waals surface area contributed by atoms with Crippen LogP contribution in [0.2, 0.25) is 0 Å². The predicted molar refractivity (Wildman–Crippen MR) is 89.0 cm³/mol.